The van der Waals surface area contributed by atoms with E-state index in [2.05, 4.69) is 20.6 Å². The highest BCUT2D eigenvalue weighted by Crippen LogP contribution is 2.30. The number of nitrogens with zero attached hydrogens (tertiary/aromatic N) is 3. The monoisotopic (exact) mass is 411 g/mol. The zero-order valence-electron chi connectivity index (χ0n) is 15.2. The zero-order valence-corrected chi connectivity index (χ0v) is 16.0. The molecule has 3 rings (SSSR count). The number of morpholine rings is 1. The van der Waals surface area contributed by atoms with Crippen LogP contribution in [0, 0.1) is 0 Å². The van der Waals surface area contributed by atoms with Gasteiger partial charge in [0.25, 0.3) is 0 Å². The van der Waals surface area contributed by atoms with Crippen LogP contribution in [0.3, 0.4) is 0 Å². The van der Waals surface area contributed by atoms with E-state index < -0.39 is 11.9 Å². The summed E-state index contributed by atoms with van der Waals surface area (Å²) in [5, 5.41) is 5.84. The second-order valence-electron chi connectivity index (χ2n) is 6.26. The average molecular weight is 411 g/mol. The molecule has 10 heteroatoms. The molecule has 1 aliphatic heterocycles. The minimum atomic E-state index is -4.59. The first-order valence-electron chi connectivity index (χ1n) is 8.74. The van der Waals surface area contributed by atoms with Crippen LogP contribution in [0.15, 0.2) is 36.4 Å². The van der Waals surface area contributed by atoms with E-state index in [1.54, 1.807) is 4.90 Å². The third kappa shape index (κ3) is 5.29. The molecule has 2 N–H and O–H groups in total. The molecule has 0 saturated carbocycles. The van der Waals surface area contributed by atoms with Crippen molar-refractivity contribution in [1.29, 1.82) is 0 Å². The largest absolute Gasteiger partial charge is 0.433 e. The van der Waals surface area contributed by atoms with E-state index in [0.29, 0.717) is 26.3 Å². The number of anilines is 2. The average Bonchev–Trinajstić information content (AvgIpc) is 2.68. The molecule has 0 amide bonds. The van der Waals surface area contributed by atoms with Gasteiger partial charge in [0.2, 0.25) is 5.95 Å². The second kappa shape index (κ2) is 8.70. The number of rotatable bonds is 4. The maximum absolute atomic E-state index is 13.3. The molecule has 6 nitrogen and oxygen atoms in total. The molecular formula is C18H20F3N5OS. The Bertz CT molecular complexity index is 813. The van der Waals surface area contributed by atoms with Crippen LogP contribution in [-0.2, 0) is 10.9 Å². The highest BCUT2D eigenvalue weighted by atomic mass is 32.1. The van der Waals surface area contributed by atoms with Gasteiger partial charge in [-0.25, -0.2) is 4.98 Å². The summed E-state index contributed by atoms with van der Waals surface area (Å²) in [5.41, 5.74) is -0.0315. The Labute approximate surface area is 166 Å². The molecule has 0 bridgehead atoms. The third-order valence-electron chi connectivity index (χ3n) is 4.21. The summed E-state index contributed by atoms with van der Waals surface area (Å²) in [5.74, 6) is -0.0129. The Kier molecular flexibility index (Phi) is 6.30. The molecule has 1 fully saturated rings. The van der Waals surface area contributed by atoms with Crippen molar-refractivity contribution >= 4 is 29.1 Å². The Hall–Kier alpha value is -2.46. The molecular weight excluding hydrogens is 391 g/mol. The van der Waals surface area contributed by atoms with E-state index in [-0.39, 0.29) is 22.9 Å². The van der Waals surface area contributed by atoms with E-state index in [9.17, 15) is 13.2 Å². The van der Waals surface area contributed by atoms with E-state index >= 15 is 0 Å². The van der Waals surface area contributed by atoms with Crippen molar-refractivity contribution in [3.05, 3.63) is 47.7 Å². The molecule has 150 valence electrons. The van der Waals surface area contributed by atoms with Crippen LogP contribution in [0.1, 0.15) is 24.2 Å². The number of nitrogens with one attached hydrogen (secondary N) is 2. The fourth-order valence-corrected chi connectivity index (χ4v) is 3.02. The minimum absolute atomic E-state index is 0.134. The first kappa shape index (κ1) is 20.3. The van der Waals surface area contributed by atoms with Gasteiger partial charge in [-0.1, -0.05) is 30.3 Å². The lowest BCUT2D eigenvalue weighted by atomic mass is 10.1. The van der Waals surface area contributed by atoms with Gasteiger partial charge in [-0.2, -0.15) is 18.2 Å². The Morgan fingerprint density at radius 3 is 2.50 bits per heavy atom. The molecule has 2 aromatic rings. The lowest BCUT2D eigenvalue weighted by molar-refractivity contribution is -0.141. The molecule has 1 aliphatic rings. The van der Waals surface area contributed by atoms with Crippen LogP contribution in [0.4, 0.5) is 24.9 Å². The third-order valence-corrected chi connectivity index (χ3v) is 4.43. The summed E-state index contributed by atoms with van der Waals surface area (Å²) < 4.78 is 45.1. The number of ether oxygens (including phenoxy) is 1. The summed E-state index contributed by atoms with van der Waals surface area (Å²) in [6.45, 7) is 3.68. The van der Waals surface area contributed by atoms with Crippen molar-refractivity contribution in [1.82, 2.24) is 15.3 Å². The van der Waals surface area contributed by atoms with Crippen LogP contribution < -0.4 is 15.5 Å². The highest BCUT2D eigenvalue weighted by molar-refractivity contribution is 7.80. The predicted octanol–water partition coefficient (Wildman–Crippen LogP) is 3.38. The van der Waals surface area contributed by atoms with Crippen molar-refractivity contribution < 1.29 is 17.9 Å². The van der Waals surface area contributed by atoms with Gasteiger partial charge in [0.15, 0.2) is 10.8 Å². The number of hydrogen-bond acceptors (Lipinski definition) is 5. The van der Waals surface area contributed by atoms with Crippen LogP contribution in [-0.4, -0.2) is 41.4 Å². The first-order chi connectivity index (χ1) is 13.3. The van der Waals surface area contributed by atoms with Gasteiger partial charge >= 0.3 is 6.18 Å². The lowest BCUT2D eigenvalue weighted by Gasteiger charge is -2.28. The number of benzene rings is 1. The summed E-state index contributed by atoms with van der Waals surface area (Å²) in [4.78, 5) is 9.53. The lowest BCUT2D eigenvalue weighted by Crippen LogP contribution is -2.37. The first-order valence-corrected chi connectivity index (χ1v) is 9.15. The van der Waals surface area contributed by atoms with Gasteiger partial charge in [-0.15, -0.1) is 0 Å². The van der Waals surface area contributed by atoms with Crippen molar-refractivity contribution in [3.8, 4) is 0 Å². The van der Waals surface area contributed by atoms with Crippen molar-refractivity contribution in [2.45, 2.75) is 19.1 Å². The minimum Gasteiger partial charge on any atom is -0.378 e. The van der Waals surface area contributed by atoms with Gasteiger partial charge in [-0.3, -0.25) is 0 Å². The van der Waals surface area contributed by atoms with Crippen LogP contribution in [0.5, 0.6) is 0 Å². The Morgan fingerprint density at radius 2 is 1.86 bits per heavy atom. The molecule has 1 aromatic heterocycles. The van der Waals surface area contributed by atoms with Crippen molar-refractivity contribution in [2.24, 2.45) is 0 Å². The summed E-state index contributed by atoms with van der Waals surface area (Å²) in [6.07, 6.45) is -4.59. The number of alkyl halides is 3. The molecule has 2 heterocycles. The molecule has 0 spiro atoms. The van der Waals surface area contributed by atoms with Crippen LogP contribution >= 0.6 is 12.2 Å². The molecule has 1 atom stereocenters. The quantitative estimate of drug-likeness (QED) is 0.748. The fraction of sp³-hybridized carbons (Fsp3) is 0.389. The molecule has 1 aromatic carbocycles. The maximum Gasteiger partial charge on any atom is 0.433 e. The normalized spacial score (nSPS) is 15.8. The number of thiocarbonyl (C=S) groups is 1. The van der Waals surface area contributed by atoms with Crippen LogP contribution in [0.25, 0.3) is 0 Å². The van der Waals surface area contributed by atoms with Gasteiger partial charge in [0.1, 0.15) is 5.82 Å². The molecule has 1 saturated heterocycles. The molecule has 1 unspecified atom stereocenters. The van der Waals surface area contributed by atoms with E-state index in [0.717, 1.165) is 11.6 Å². The van der Waals surface area contributed by atoms with Gasteiger partial charge < -0.3 is 20.3 Å². The van der Waals surface area contributed by atoms with Crippen molar-refractivity contribution in [2.75, 3.05) is 36.5 Å². The molecule has 0 radical (unpaired) electrons. The van der Waals surface area contributed by atoms with Gasteiger partial charge in [-0.05, 0) is 24.7 Å². The summed E-state index contributed by atoms with van der Waals surface area (Å²) >= 11 is 5.23. The van der Waals surface area contributed by atoms with Crippen molar-refractivity contribution in [3.63, 3.8) is 0 Å². The molecule has 0 aliphatic carbocycles. The standard InChI is InChI=1S/C18H20F3N5OS/c1-12(13-5-3-2-4-6-13)22-17(28)25-16-23-14(18(19,20)21)11-15(24-16)26-7-9-27-10-8-26/h2-6,11-12H,7-10H2,1H3,(H2,22,23,24,25,28). The maximum atomic E-state index is 13.3. The van der Waals surface area contributed by atoms with E-state index in [1.807, 2.05) is 37.3 Å². The summed E-state index contributed by atoms with van der Waals surface area (Å²) in [7, 11) is 0. The number of hydrogen-bond donors (Lipinski definition) is 2. The van der Waals surface area contributed by atoms with E-state index in [1.165, 1.54) is 0 Å². The second-order valence-corrected chi connectivity index (χ2v) is 6.67. The topological polar surface area (TPSA) is 62.3 Å². The SMILES string of the molecule is CC(NC(=S)Nc1nc(N2CCOCC2)cc(C(F)(F)F)n1)c1ccccc1. The molecule has 28 heavy (non-hydrogen) atoms. The number of halogens is 3. The zero-order chi connectivity index (χ0) is 20.1. The van der Waals surface area contributed by atoms with Crippen LogP contribution in [0.2, 0.25) is 0 Å². The predicted molar refractivity (Wildman–Crippen MR) is 104 cm³/mol. The van der Waals surface area contributed by atoms with E-state index in [4.69, 9.17) is 17.0 Å². The number of aromatic nitrogens is 2. The van der Waals surface area contributed by atoms with Gasteiger partial charge in [0, 0.05) is 19.2 Å². The summed E-state index contributed by atoms with van der Waals surface area (Å²) in [6, 6.07) is 10.4. The smallest absolute Gasteiger partial charge is 0.378 e. The Morgan fingerprint density at radius 1 is 1.18 bits per heavy atom. The Balaban J connectivity index is 1.77. The van der Waals surface area contributed by atoms with Gasteiger partial charge in [0.05, 0.1) is 19.3 Å². The fourth-order valence-electron chi connectivity index (χ4n) is 2.75. The highest BCUT2D eigenvalue weighted by Gasteiger charge is 2.34.